The lowest BCUT2D eigenvalue weighted by Gasteiger charge is -2.30. The third-order valence-corrected chi connectivity index (χ3v) is 3.22. The van der Waals surface area contributed by atoms with Gasteiger partial charge in [-0.1, -0.05) is 0 Å². The predicted molar refractivity (Wildman–Crippen MR) is 65.1 cm³/mol. The molecule has 0 aromatic carbocycles. The Morgan fingerprint density at radius 2 is 2.41 bits per heavy atom. The van der Waals surface area contributed by atoms with Crippen molar-refractivity contribution in [3.8, 4) is 0 Å². The number of amides is 2. The highest BCUT2D eigenvalue weighted by molar-refractivity contribution is 5.76. The van der Waals surface area contributed by atoms with Crippen LogP contribution in [0.3, 0.4) is 0 Å². The highest BCUT2D eigenvalue weighted by Crippen LogP contribution is 2.01. The molecule has 1 atom stereocenters. The van der Waals surface area contributed by atoms with Crippen molar-refractivity contribution < 1.29 is 9.53 Å². The minimum atomic E-state index is 0.0560. The lowest BCUT2D eigenvalue weighted by atomic mass is 10.3. The quantitative estimate of drug-likeness (QED) is 0.603. The Bertz CT molecular complexity index is 262. The number of nitrogens with zero attached hydrogens (tertiary/aromatic N) is 2. The number of likely N-dealkylation sites (N-methyl/N-ethyl adjacent to an activating group) is 1. The van der Waals surface area contributed by atoms with Gasteiger partial charge in [-0.05, 0) is 7.05 Å². The van der Waals surface area contributed by atoms with Crippen LogP contribution in [0.2, 0.25) is 0 Å². The van der Waals surface area contributed by atoms with E-state index in [1.807, 2.05) is 4.90 Å². The smallest absolute Gasteiger partial charge is 0.317 e. The molecule has 2 N–H and O–H groups in total. The Labute approximate surface area is 102 Å². The fraction of sp³-hybridized carbons (Fsp3) is 0.909. The van der Waals surface area contributed by atoms with Crippen LogP contribution in [0, 0.1) is 0 Å². The first-order valence-corrected chi connectivity index (χ1v) is 6.29. The molecule has 6 heteroatoms. The molecule has 0 radical (unpaired) electrons. The lowest BCUT2D eigenvalue weighted by molar-refractivity contribution is -0.0180. The fourth-order valence-electron chi connectivity index (χ4n) is 2.19. The van der Waals surface area contributed by atoms with E-state index in [4.69, 9.17) is 4.74 Å². The summed E-state index contributed by atoms with van der Waals surface area (Å²) < 4.78 is 5.64. The third-order valence-electron chi connectivity index (χ3n) is 3.22. The Morgan fingerprint density at radius 1 is 1.53 bits per heavy atom. The number of hydrogen-bond donors (Lipinski definition) is 2. The molecule has 0 aromatic heterocycles. The number of nitrogens with one attached hydrogen (secondary N) is 2. The van der Waals surface area contributed by atoms with Crippen molar-refractivity contribution in [3.63, 3.8) is 0 Å². The average molecular weight is 242 g/mol. The summed E-state index contributed by atoms with van der Waals surface area (Å²) in [6, 6.07) is 0.0560. The zero-order chi connectivity index (χ0) is 12.1. The van der Waals surface area contributed by atoms with Crippen LogP contribution in [0.25, 0.3) is 0 Å². The molecule has 0 aromatic rings. The summed E-state index contributed by atoms with van der Waals surface area (Å²) in [7, 11) is 2.12. The molecule has 0 saturated carbocycles. The molecule has 2 fully saturated rings. The number of urea groups is 1. The second kappa shape index (κ2) is 6.18. The number of ether oxygens (including phenoxy) is 1. The van der Waals surface area contributed by atoms with Crippen molar-refractivity contribution in [1.29, 1.82) is 0 Å². The van der Waals surface area contributed by atoms with Crippen LogP contribution in [0.15, 0.2) is 0 Å². The number of carbonyl (C=O) groups is 1. The molecule has 2 aliphatic rings. The van der Waals surface area contributed by atoms with E-state index in [0.717, 1.165) is 52.4 Å². The van der Waals surface area contributed by atoms with Gasteiger partial charge in [0.05, 0.1) is 12.7 Å². The summed E-state index contributed by atoms with van der Waals surface area (Å²) in [5, 5.41) is 6.14. The molecule has 6 nitrogen and oxygen atoms in total. The first-order chi connectivity index (χ1) is 8.25. The second-order valence-electron chi connectivity index (χ2n) is 4.68. The van der Waals surface area contributed by atoms with E-state index < -0.39 is 0 Å². The van der Waals surface area contributed by atoms with E-state index >= 15 is 0 Å². The van der Waals surface area contributed by atoms with E-state index in [1.165, 1.54) is 0 Å². The van der Waals surface area contributed by atoms with Gasteiger partial charge >= 0.3 is 6.03 Å². The summed E-state index contributed by atoms with van der Waals surface area (Å²) in [5.41, 5.74) is 0. The average Bonchev–Trinajstić information content (AvgIpc) is 2.71. The van der Waals surface area contributed by atoms with Gasteiger partial charge in [0.25, 0.3) is 0 Å². The second-order valence-corrected chi connectivity index (χ2v) is 4.68. The maximum Gasteiger partial charge on any atom is 0.317 e. The maximum atomic E-state index is 11.3. The van der Waals surface area contributed by atoms with Gasteiger partial charge in [-0.15, -0.1) is 0 Å². The highest BCUT2D eigenvalue weighted by atomic mass is 16.5. The monoisotopic (exact) mass is 242 g/mol. The van der Waals surface area contributed by atoms with Gasteiger partial charge in [-0.3, -0.25) is 0 Å². The van der Waals surface area contributed by atoms with Crippen molar-refractivity contribution in [2.24, 2.45) is 0 Å². The topological polar surface area (TPSA) is 56.8 Å². The minimum Gasteiger partial charge on any atom is -0.374 e. The first-order valence-electron chi connectivity index (χ1n) is 6.29. The van der Waals surface area contributed by atoms with Gasteiger partial charge in [0.2, 0.25) is 0 Å². The van der Waals surface area contributed by atoms with Crippen LogP contribution in [-0.4, -0.2) is 81.4 Å². The van der Waals surface area contributed by atoms with Gasteiger partial charge < -0.3 is 25.2 Å². The molecule has 2 aliphatic heterocycles. The Kier molecular flexibility index (Phi) is 4.58. The summed E-state index contributed by atoms with van der Waals surface area (Å²) in [6.07, 6.45) is 0.279. The molecule has 1 unspecified atom stereocenters. The summed E-state index contributed by atoms with van der Waals surface area (Å²) in [4.78, 5) is 15.4. The van der Waals surface area contributed by atoms with Crippen LogP contribution < -0.4 is 10.6 Å². The molecule has 2 rings (SSSR count). The van der Waals surface area contributed by atoms with Crippen LogP contribution in [-0.2, 0) is 4.74 Å². The normalized spacial score (nSPS) is 26.3. The predicted octanol–water partition coefficient (Wildman–Crippen LogP) is -1.07. The largest absolute Gasteiger partial charge is 0.374 e. The van der Waals surface area contributed by atoms with E-state index in [-0.39, 0.29) is 12.1 Å². The Balaban J connectivity index is 1.55. The molecule has 17 heavy (non-hydrogen) atoms. The van der Waals surface area contributed by atoms with Gasteiger partial charge in [-0.2, -0.15) is 0 Å². The van der Waals surface area contributed by atoms with Crippen LogP contribution in [0.5, 0.6) is 0 Å². The SMILES string of the molecule is CN1CCOC(CNCCN2CCNC2=O)C1. The Hall–Kier alpha value is -0.850. The fourth-order valence-corrected chi connectivity index (χ4v) is 2.19. The number of rotatable bonds is 5. The lowest BCUT2D eigenvalue weighted by Crippen LogP contribution is -2.46. The molecule has 0 spiro atoms. The zero-order valence-corrected chi connectivity index (χ0v) is 10.4. The van der Waals surface area contributed by atoms with Crippen LogP contribution >= 0.6 is 0 Å². The molecular weight excluding hydrogens is 220 g/mol. The first kappa shape index (κ1) is 12.6. The van der Waals surface area contributed by atoms with Crippen LogP contribution in [0.1, 0.15) is 0 Å². The highest BCUT2D eigenvalue weighted by Gasteiger charge is 2.19. The zero-order valence-electron chi connectivity index (χ0n) is 10.4. The molecule has 2 heterocycles. The van der Waals surface area contributed by atoms with E-state index in [2.05, 4.69) is 22.6 Å². The number of carbonyl (C=O) groups excluding carboxylic acids is 1. The number of morpholine rings is 1. The van der Waals surface area contributed by atoms with Crippen molar-refractivity contribution >= 4 is 6.03 Å². The van der Waals surface area contributed by atoms with Gasteiger partial charge in [0.15, 0.2) is 0 Å². The third kappa shape index (κ3) is 3.83. The molecular formula is C11H22N4O2. The minimum absolute atomic E-state index is 0.0560. The van der Waals surface area contributed by atoms with E-state index in [1.54, 1.807) is 0 Å². The van der Waals surface area contributed by atoms with Crippen molar-refractivity contribution in [1.82, 2.24) is 20.4 Å². The Morgan fingerprint density at radius 3 is 3.12 bits per heavy atom. The summed E-state index contributed by atoms with van der Waals surface area (Å²) >= 11 is 0. The number of hydrogen-bond acceptors (Lipinski definition) is 4. The van der Waals surface area contributed by atoms with Gasteiger partial charge in [-0.25, -0.2) is 4.79 Å². The summed E-state index contributed by atoms with van der Waals surface area (Å²) in [6.45, 7) is 6.88. The van der Waals surface area contributed by atoms with Crippen LogP contribution in [0.4, 0.5) is 4.79 Å². The standard InChI is InChI=1S/C11H22N4O2/c1-14-6-7-17-10(9-14)8-12-2-4-15-5-3-13-11(15)16/h10,12H,2-9H2,1H3,(H,13,16). The van der Waals surface area contributed by atoms with Crippen molar-refractivity contribution in [3.05, 3.63) is 0 Å². The molecule has 0 aliphatic carbocycles. The maximum absolute atomic E-state index is 11.3. The van der Waals surface area contributed by atoms with Crippen molar-refractivity contribution in [2.75, 3.05) is 59.5 Å². The van der Waals surface area contributed by atoms with Gasteiger partial charge in [0.1, 0.15) is 0 Å². The summed E-state index contributed by atoms with van der Waals surface area (Å²) in [5.74, 6) is 0. The van der Waals surface area contributed by atoms with E-state index in [0.29, 0.717) is 0 Å². The molecule has 2 saturated heterocycles. The molecule has 0 bridgehead atoms. The van der Waals surface area contributed by atoms with Crippen molar-refractivity contribution in [2.45, 2.75) is 6.10 Å². The molecule has 2 amide bonds. The van der Waals surface area contributed by atoms with E-state index in [9.17, 15) is 4.79 Å². The molecule has 98 valence electrons. The van der Waals surface area contributed by atoms with Gasteiger partial charge in [0, 0.05) is 45.8 Å².